The molecule has 15 heteroatoms. The van der Waals surface area contributed by atoms with Gasteiger partial charge in [-0.2, -0.15) is 0 Å². The molecule has 15 nitrogen and oxygen atoms in total. The molecular formula is C27H46O15. The first-order chi connectivity index (χ1) is 20.0. The quantitative estimate of drug-likeness (QED) is 0.131. The number of aliphatic hydroxyl groups is 10. The van der Waals surface area contributed by atoms with Gasteiger partial charge >= 0.3 is 0 Å². The fourth-order valence-corrected chi connectivity index (χ4v) is 7.21. The number of fused-ring (bicyclic) bond motifs is 1. The van der Waals surface area contributed by atoms with E-state index < -0.39 is 117 Å². The van der Waals surface area contributed by atoms with E-state index >= 15 is 0 Å². The van der Waals surface area contributed by atoms with Gasteiger partial charge in [-0.1, -0.05) is 0 Å². The number of ether oxygens (including phenoxy) is 5. The van der Waals surface area contributed by atoms with Crippen molar-refractivity contribution in [3.05, 3.63) is 0 Å². The molecule has 0 radical (unpaired) electrons. The van der Waals surface area contributed by atoms with Crippen molar-refractivity contribution >= 4 is 0 Å². The molecule has 42 heavy (non-hydrogen) atoms. The molecule has 244 valence electrons. The molecule has 16 unspecified atom stereocenters. The highest BCUT2D eigenvalue weighted by Crippen LogP contribution is 2.44. The number of aliphatic hydroxyl groups excluding tert-OH is 10. The minimum absolute atomic E-state index is 0.0341. The van der Waals surface area contributed by atoms with Crippen LogP contribution < -0.4 is 0 Å². The van der Waals surface area contributed by atoms with E-state index in [0.717, 1.165) is 0 Å². The molecule has 0 aromatic heterocycles. The monoisotopic (exact) mass is 610 g/mol. The van der Waals surface area contributed by atoms with Gasteiger partial charge in [0.2, 0.25) is 0 Å². The average Bonchev–Trinajstić information content (AvgIpc) is 2.98. The van der Waals surface area contributed by atoms with Crippen LogP contribution in [0.1, 0.15) is 44.9 Å². The van der Waals surface area contributed by atoms with Crippen molar-refractivity contribution in [2.75, 3.05) is 13.2 Å². The second-order valence-corrected chi connectivity index (χ2v) is 12.5. The van der Waals surface area contributed by atoms with Crippen LogP contribution in [0.15, 0.2) is 0 Å². The van der Waals surface area contributed by atoms with E-state index in [2.05, 4.69) is 0 Å². The molecule has 5 fully saturated rings. The first-order valence-electron chi connectivity index (χ1n) is 15.0. The molecule has 3 heterocycles. The lowest BCUT2D eigenvalue weighted by molar-refractivity contribution is -0.344. The van der Waals surface area contributed by atoms with E-state index in [1.54, 1.807) is 0 Å². The smallest absolute Gasteiger partial charge is 0.187 e. The standard InChI is InChI=1S/C27H46O15/c28-8-17-19(32)21(34)23(36)26(41-17)39-15-6-12(31)5-14-13(15)7-16(25(38-14)10-1-3-11(30)4-2-10)40-27-24(37)22(35)20(33)18(9-29)42-27/h10-37H,1-9H2. The van der Waals surface area contributed by atoms with Crippen LogP contribution in [0.25, 0.3) is 0 Å². The number of hydrogen-bond donors (Lipinski definition) is 10. The summed E-state index contributed by atoms with van der Waals surface area (Å²) in [7, 11) is 0. The van der Waals surface area contributed by atoms with Gasteiger partial charge in [-0.25, -0.2) is 0 Å². The molecule has 2 aliphatic carbocycles. The first-order valence-corrected chi connectivity index (χ1v) is 15.0. The number of hydrogen-bond acceptors (Lipinski definition) is 15. The maximum Gasteiger partial charge on any atom is 0.187 e. The van der Waals surface area contributed by atoms with Crippen molar-refractivity contribution in [3.63, 3.8) is 0 Å². The van der Waals surface area contributed by atoms with Crippen molar-refractivity contribution in [3.8, 4) is 0 Å². The predicted octanol–water partition coefficient (Wildman–Crippen LogP) is -4.16. The largest absolute Gasteiger partial charge is 0.394 e. The highest BCUT2D eigenvalue weighted by atomic mass is 16.7. The molecule has 16 atom stereocenters. The van der Waals surface area contributed by atoms with Gasteiger partial charge < -0.3 is 74.7 Å². The average molecular weight is 611 g/mol. The SMILES string of the molecule is OCC1OC(OC2CC(O)CC3OC(C4CCC(O)CC4)C(OC4OC(CO)C(O)C(O)C4O)CC23)C(O)C(O)C1O. The van der Waals surface area contributed by atoms with Gasteiger partial charge in [0.25, 0.3) is 0 Å². The minimum Gasteiger partial charge on any atom is -0.394 e. The van der Waals surface area contributed by atoms with E-state index in [9.17, 15) is 51.1 Å². The Hall–Kier alpha value is -0.600. The fraction of sp³-hybridized carbons (Fsp3) is 1.00. The molecule has 0 aromatic rings. The van der Waals surface area contributed by atoms with Crippen molar-refractivity contribution in [2.24, 2.45) is 11.8 Å². The van der Waals surface area contributed by atoms with E-state index in [4.69, 9.17) is 23.7 Å². The summed E-state index contributed by atoms with van der Waals surface area (Å²) >= 11 is 0. The molecule has 5 rings (SSSR count). The van der Waals surface area contributed by atoms with Crippen LogP contribution in [0, 0.1) is 11.8 Å². The number of rotatable bonds is 7. The van der Waals surface area contributed by atoms with Gasteiger partial charge in [-0.15, -0.1) is 0 Å². The zero-order chi connectivity index (χ0) is 30.3. The summed E-state index contributed by atoms with van der Waals surface area (Å²) in [5, 5.41) is 102. The maximum atomic E-state index is 10.7. The van der Waals surface area contributed by atoms with Gasteiger partial charge in [-0.3, -0.25) is 0 Å². The first kappa shape index (κ1) is 32.8. The van der Waals surface area contributed by atoms with Crippen molar-refractivity contribution < 1.29 is 74.7 Å². The molecule has 10 N–H and O–H groups in total. The normalized spacial score (nSPS) is 53.9. The molecular weight excluding hydrogens is 564 g/mol. The summed E-state index contributed by atoms with van der Waals surface area (Å²) in [5.41, 5.74) is 0. The van der Waals surface area contributed by atoms with Gasteiger partial charge in [0, 0.05) is 12.3 Å². The van der Waals surface area contributed by atoms with Crippen LogP contribution in [-0.2, 0) is 23.7 Å². The Labute approximate surface area is 243 Å². The Morgan fingerprint density at radius 3 is 1.57 bits per heavy atom. The second-order valence-electron chi connectivity index (χ2n) is 12.5. The highest BCUT2D eigenvalue weighted by molar-refractivity contribution is 4.99. The molecule has 0 amide bonds. The Morgan fingerprint density at radius 1 is 0.524 bits per heavy atom. The molecule has 3 aliphatic heterocycles. The van der Waals surface area contributed by atoms with Crippen molar-refractivity contribution in [1.82, 2.24) is 0 Å². The van der Waals surface area contributed by atoms with Crippen LogP contribution in [0.4, 0.5) is 0 Å². The molecule has 0 bridgehead atoms. The Balaban J connectivity index is 1.36. The summed E-state index contributed by atoms with van der Waals surface area (Å²) in [6.45, 7) is -1.24. The third kappa shape index (κ3) is 6.66. The Kier molecular flexibility index (Phi) is 10.8. The lowest BCUT2D eigenvalue weighted by Gasteiger charge is -2.52. The van der Waals surface area contributed by atoms with E-state index in [-0.39, 0.29) is 25.2 Å². The lowest BCUT2D eigenvalue weighted by Crippen LogP contribution is -2.63. The summed E-state index contributed by atoms with van der Waals surface area (Å²) in [4.78, 5) is 0. The maximum absolute atomic E-state index is 10.7. The molecule has 3 saturated heterocycles. The van der Waals surface area contributed by atoms with E-state index in [1.165, 1.54) is 0 Å². The van der Waals surface area contributed by atoms with Crippen LogP contribution in [0.5, 0.6) is 0 Å². The van der Waals surface area contributed by atoms with Crippen molar-refractivity contribution in [2.45, 2.75) is 143 Å². The summed E-state index contributed by atoms with van der Waals surface area (Å²) in [6, 6.07) is 0. The predicted molar refractivity (Wildman–Crippen MR) is 137 cm³/mol. The van der Waals surface area contributed by atoms with Gasteiger partial charge in [0.05, 0.1) is 49.8 Å². The molecule has 0 aromatic carbocycles. The molecule has 5 aliphatic rings. The Morgan fingerprint density at radius 2 is 1.05 bits per heavy atom. The van der Waals surface area contributed by atoms with Crippen LogP contribution in [-0.4, -0.2) is 162 Å². The van der Waals surface area contributed by atoms with Crippen LogP contribution >= 0.6 is 0 Å². The van der Waals surface area contributed by atoms with Gasteiger partial charge in [0.1, 0.15) is 48.8 Å². The van der Waals surface area contributed by atoms with Crippen LogP contribution in [0.2, 0.25) is 0 Å². The van der Waals surface area contributed by atoms with Gasteiger partial charge in [-0.05, 0) is 44.4 Å². The summed E-state index contributed by atoms with van der Waals surface area (Å²) in [5.74, 6) is -0.464. The van der Waals surface area contributed by atoms with Crippen LogP contribution in [0.3, 0.4) is 0 Å². The molecule has 0 spiro atoms. The second kappa shape index (κ2) is 13.8. The van der Waals surface area contributed by atoms with E-state index in [0.29, 0.717) is 25.7 Å². The minimum atomic E-state index is -1.64. The summed E-state index contributed by atoms with van der Waals surface area (Å²) < 4.78 is 30.1. The van der Waals surface area contributed by atoms with Crippen molar-refractivity contribution in [1.29, 1.82) is 0 Å². The molecule has 2 saturated carbocycles. The topological polar surface area (TPSA) is 248 Å². The summed E-state index contributed by atoms with van der Waals surface area (Å²) in [6.07, 6.45) is -15.5. The third-order valence-corrected chi connectivity index (χ3v) is 9.69. The van der Waals surface area contributed by atoms with E-state index in [1.807, 2.05) is 0 Å². The van der Waals surface area contributed by atoms with Gasteiger partial charge in [0.15, 0.2) is 12.6 Å². The zero-order valence-electron chi connectivity index (χ0n) is 23.3. The Bertz CT molecular complexity index is 855. The fourth-order valence-electron chi connectivity index (χ4n) is 7.21. The highest BCUT2D eigenvalue weighted by Gasteiger charge is 2.53. The lowest BCUT2D eigenvalue weighted by atomic mass is 9.73. The zero-order valence-corrected chi connectivity index (χ0v) is 23.3. The third-order valence-electron chi connectivity index (χ3n) is 9.69.